The second-order valence-electron chi connectivity index (χ2n) is 4.24. The fourth-order valence-electron chi connectivity index (χ4n) is 1.51. The summed E-state index contributed by atoms with van der Waals surface area (Å²) in [7, 11) is 0. The molecule has 1 aromatic rings. The molecule has 18 heavy (non-hydrogen) atoms. The van der Waals surface area contributed by atoms with Crippen molar-refractivity contribution in [1.82, 2.24) is 5.32 Å². The Morgan fingerprint density at radius 2 is 1.83 bits per heavy atom. The second-order valence-corrected chi connectivity index (χ2v) is 4.24. The number of rotatable bonds is 5. The molecule has 1 atom stereocenters. The van der Waals surface area contributed by atoms with Crippen molar-refractivity contribution in [2.45, 2.75) is 26.8 Å². The highest BCUT2D eigenvalue weighted by molar-refractivity contribution is 5.84. The molecule has 0 bridgehead atoms. The first kappa shape index (κ1) is 14.0. The third kappa shape index (κ3) is 4.45. The number of amides is 1. The Hall–Kier alpha value is -2.04. The lowest BCUT2D eigenvalue weighted by Crippen LogP contribution is -2.40. The van der Waals surface area contributed by atoms with Gasteiger partial charge in [0.25, 0.3) is 5.91 Å². The van der Waals surface area contributed by atoms with Crippen molar-refractivity contribution >= 4 is 11.9 Å². The predicted octanol–water partition coefficient (Wildman–Crippen LogP) is 1.27. The maximum atomic E-state index is 11.4. The minimum Gasteiger partial charge on any atom is -0.484 e. The first-order chi connectivity index (χ1) is 8.38. The summed E-state index contributed by atoms with van der Waals surface area (Å²) in [5.41, 5.74) is 2.09. The summed E-state index contributed by atoms with van der Waals surface area (Å²) in [6.45, 7) is 5.08. The normalized spacial score (nSPS) is 11.7. The molecule has 0 unspecified atom stereocenters. The van der Waals surface area contributed by atoms with Gasteiger partial charge in [-0.3, -0.25) is 9.59 Å². The number of nitrogens with one attached hydrogen (secondary N) is 1. The summed E-state index contributed by atoms with van der Waals surface area (Å²) in [4.78, 5) is 21.9. The van der Waals surface area contributed by atoms with Crippen LogP contribution in [0.3, 0.4) is 0 Å². The van der Waals surface area contributed by atoms with E-state index in [9.17, 15) is 9.59 Å². The Morgan fingerprint density at radius 3 is 2.33 bits per heavy atom. The van der Waals surface area contributed by atoms with Crippen LogP contribution in [0.25, 0.3) is 0 Å². The fourth-order valence-corrected chi connectivity index (χ4v) is 1.51. The van der Waals surface area contributed by atoms with Gasteiger partial charge in [0.05, 0.1) is 0 Å². The van der Waals surface area contributed by atoms with E-state index in [0.717, 1.165) is 11.1 Å². The van der Waals surface area contributed by atoms with E-state index in [2.05, 4.69) is 5.32 Å². The van der Waals surface area contributed by atoms with Gasteiger partial charge in [-0.05, 0) is 44.0 Å². The summed E-state index contributed by atoms with van der Waals surface area (Å²) in [6, 6.07) is 4.72. The second kappa shape index (κ2) is 6.05. The molecule has 2 N–H and O–H groups in total. The number of benzene rings is 1. The van der Waals surface area contributed by atoms with Crippen LogP contribution in [0.15, 0.2) is 18.2 Å². The first-order valence-electron chi connectivity index (χ1n) is 5.61. The molecular formula is C13H17NO4. The van der Waals surface area contributed by atoms with Crippen molar-refractivity contribution in [2.75, 3.05) is 6.61 Å². The zero-order valence-corrected chi connectivity index (χ0v) is 10.7. The molecule has 0 spiro atoms. The van der Waals surface area contributed by atoms with Gasteiger partial charge in [-0.2, -0.15) is 0 Å². The van der Waals surface area contributed by atoms with Crippen LogP contribution in [0, 0.1) is 13.8 Å². The van der Waals surface area contributed by atoms with Crippen molar-refractivity contribution in [1.29, 1.82) is 0 Å². The summed E-state index contributed by atoms with van der Waals surface area (Å²) in [6.07, 6.45) is 0. The van der Waals surface area contributed by atoms with E-state index in [-0.39, 0.29) is 6.61 Å². The summed E-state index contributed by atoms with van der Waals surface area (Å²) in [5.74, 6) is -0.926. The SMILES string of the molecule is Cc1cc(C)cc(OCC(=O)N[C@@H](C)C(=O)O)c1. The third-order valence-corrected chi connectivity index (χ3v) is 2.31. The van der Waals surface area contributed by atoms with Gasteiger partial charge in [0.1, 0.15) is 11.8 Å². The fraction of sp³-hybridized carbons (Fsp3) is 0.385. The first-order valence-corrected chi connectivity index (χ1v) is 5.61. The third-order valence-electron chi connectivity index (χ3n) is 2.31. The lowest BCUT2D eigenvalue weighted by Gasteiger charge is -2.11. The van der Waals surface area contributed by atoms with E-state index in [1.165, 1.54) is 6.92 Å². The Kier molecular flexibility index (Phi) is 4.71. The highest BCUT2D eigenvalue weighted by atomic mass is 16.5. The molecule has 5 heteroatoms. The molecule has 1 amide bonds. The van der Waals surface area contributed by atoms with Gasteiger partial charge in [-0.15, -0.1) is 0 Å². The number of carboxylic acids is 1. The van der Waals surface area contributed by atoms with Crippen molar-refractivity contribution in [3.8, 4) is 5.75 Å². The van der Waals surface area contributed by atoms with E-state index in [0.29, 0.717) is 5.75 Å². The number of hydrogen-bond acceptors (Lipinski definition) is 3. The number of hydrogen-bond donors (Lipinski definition) is 2. The minimum absolute atomic E-state index is 0.194. The highest BCUT2D eigenvalue weighted by Crippen LogP contribution is 2.15. The predicted molar refractivity (Wildman–Crippen MR) is 66.7 cm³/mol. The number of carbonyl (C=O) groups is 2. The standard InChI is InChI=1S/C13H17NO4/c1-8-4-9(2)6-11(5-8)18-7-12(15)14-10(3)13(16)17/h4-6,10H,7H2,1-3H3,(H,14,15)(H,16,17)/t10-/m0/s1. The minimum atomic E-state index is -1.07. The number of ether oxygens (including phenoxy) is 1. The molecule has 5 nitrogen and oxygen atoms in total. The van der Waals surface area contributed by atoms with E-state index >= 15 is 0 Å². The summed E-state index contributed by atoms with van der Waals surface area (Å²) in [5, 5.41) is 10.9. The highest BCUT2D eigenvalue weighted by Gasteiger charge is 2.14. The molecule has 0 fully saturated rings. The Balaban J connectivity index is 2.50. The number of aryl methyl sites for hydroxylation is 2. The molecule has 98 valence electrons. The molecule has 0 aliphatic carbocycles. The van der Waals surface area contributed by atoms with Crippen molar-refractivity contribution in [3.63, 3.8) is 0 Å². The lowest BCUT2D eigenvalue weighted by atomic mass is 10.1. The maximum absolute atomic E-state index is 11.4. The average Bonchev–Trinajstić information content (AvgIpc) is 2.25. The topological polar surface area (TPSA) is 75.6 Å². The summed E-state index contributed by atoms with van der Waals surface area (Å²) < 4.78 is 5.31. The molecule has 0 aliphatic rings. The molecule has 0 aliphatic heterocycles. The Bertz CT molecular complexity index is 436. The molecule has 0 radical (unpaired) electrons. The maximum Gasteiger partial charge on any atom is 0.325 e. The quantitative estimate of drug-likeness (QED) is 0.826. The Labute approximate surface area is 106 Å². The van der Waals surface area contributed by atoms with Crippen molar-refractivity contribution in [2.24, 2.45) is 0 Å². The molecule has 0 aromatic heterocycles. The summed E-state index contributed by atoms with van der Waals surface area (Å²) >= 11 is 0. The van der Waals surface area contributed by atoms with Crippen molar-refractivity contribution < 1.29 is 19.4 Å². The van der Waals surface area contributed by atoms with Crippen LogP contribution in [0.2, 0.25) is 0 Å². The number of carboxylic acid groups (broad SMARTS) is 1. The van der Waals surface area contributed by atoms with Crippen LogP contribution in [-0.4, -0.2) is 29.6 Å². The van der Waals surface area contributed by atoms with E-state index in [1.54, 1.807) is 0 Å². The van der Waals surface area contributed by atoms with Crippen LogP contribution in [0.4, 0.5) is 0 Å². The lowest BCUT2D eigenvalue weighted by molar-refractivity contribution is -0.141. The van der Waals surface area contributed by atoms with Gasteiger partial charge < -0.3 is 15.2 Å². The van der Waals surface area contributed by atoms with Crippen LogP contribution in [-0.2, 0) is 9.59 Å². The van der Waals surface area contributed by atoms with Crippen LogP contribution in [0.1, 0.15) is 18.1 Å². The largest absolute Gasteiger partial charge is 0.484 e. The molecule has 1 aromatic carbocycles. The smallest absolute Gasteiger partial charge is 0.325 e. The molecule has 0 heterocycles. The van der Waals surface area contributed by atoms with Gasteiger partial charge in [0.2, 0.25) is 0 Å². The zero-order chi connectivity index (χ0) is 13.7. The van der Waals surface area contributed by atoms with E-state index in [4.69, 9.17) is 9.84 Å². The number of aliphatic carboxylic acids is 1. The van der Waals surface area contributed by atoms with Gasteiger partial charge in [0, 0.05) is 0 Å². The molecule has 1 rings (SSSR count). The van der Waals surface area contributed by atoms with Crippen molar-refractivity contribution in [3.05, 3.63) is 29.3 Å². The van der Waals surface area contributed by atoms with Gasteiger partial charge in [-0.1, -0.05) is 6.07 Å². The van der Waals surface area contributed by atoms with Crippen LogP contribution < -0.4 is 10.1 Å². The van der Waals surface area contributed by atoms with E-state index < -0.39 is 17.9 Å². The zero-order valence-electron chi connectivity index (χ0n) is 10.7. The van der Waals surface area contributed by atoms with Gasteiger partial charge in [0.15, 0.2) is 6.61 Å². The number of carbonyl (C=O) groups excluding carboxylic acids is 1. The van der Waals surface area contributed by atoms with Crippen LogP contribution in [0.5, 0.6) is 5.75 Å². The molecular weight excluding hydrogens is 234 g/mol. The Morgan fingerprint density at radius 1 is 1.28 bits per heavy atom. The van der Waals surface area contributed by atoms with E-state index in [1.807, 2.05) is 32.0 Å². The monoisotopic (exact) mass is 251 g/mol. The molecule has 0 saturated carbocycles. The van der Waals surface area contributed by atoms with Gasteiger partial charge >= 0.3 is 5.97 Å². The molecule has 0 saturated heterocycles. The average molecular weight is 251 g/mol. The van der Waals surface area contributed by atoms with Crippen LogP contribution >= 0.6 is 0 Å². The van der Waals surface area contributed by atoms with Gasteiger partial charge in [-0.25, -0.2) is 0 Å².